The van der Waals surface area contributed by atoms with E-state index in [9.17, 15) is 10.1 Å². The molecule has 0 aliphatic heterocycles. The molecule has 3 unspecified atom stereocenters. The highest BCUT2D eigenvalue weighted by molar-refractivity contribution is 7.10. The van der Waals surface area contributed by atoms with Crippen molar-refractivity contribution in [1.29, 1.82) is 5.26 Å². The normalized spacial score (nSPS) is 21.2. The van der Waals surface area contributed by atoms with Gasteiger partial charge in [0.15, 0.2) is 5.00 Å². The predicted octanol–water partition coefficient (Wildman–Crippen LogP) is 4.99. The fourth-order valence-corrected chi connectivity index (χ4v) is 4.79. The SMILES string of the molecule is CCN(Cc1ccccc1)C1CCC(N=Nc2snc(C)c2C#N)C(NC(=O)C(C)C)C1. The van der Waals surface area contributed by atoms with E-state index in [2.05, 4.69) is 62.1 Å². The minimum Gasteiger partial charge on any atom is -0.351 e. The molecular weight excluding hydrogens is 420 g/mol. The number of azo groups is 1. The van der Waals surface area contributed by atoms with Gasteiger partial charge >= 0.3 is 0 Å². The number of aryl methyl sites for hydroxylation is 1. The van der Waals surface area contributed by atoms with Crippen LogP contribution in [-0.2, 0) is 11.3 Å². The van der Waals surface area contributed by atoms with E-state index in [4.69, 9.17) is 0 Å². The second-order valence-electron chi connectivity index (χ2n) is 8.63. The Morgan fingerprint density at radius 1 is 1.34 bits per heavy atom. The van der Waals surface area contributed by atoms with E-state index in [1.54, 1.807) is 6.92 Å². The number of hydrogen-bond acceptors (Lipinski definition) is 7. The molecule has 32 heavy (non-hydrogen) atoms. The molecule has 1 aliphatic carbocycles. The third-order valence-electron chi connectivity index (χ3n) is 6.04. The van der Waals surface area contributed by atoms with E-state index in [0.717, 1.165) is 32.4 Å². The van der Waals surface area contributed by atoms with Gasteiger partial charge in [-0.3, -0.25) is 9.69 Å². The second-order valence-corrected chi connectivity index (χ2v) is 9.38. The van der Waals surface area contributed by atoms with E-state index < -0.39 is 0 Å². The second kappa shape index (κ2) is 11.3. The zero-order valence-electron chi connectivity index (χ0n) is 19.3. The number of aromatic nitrogens is 1. The summed E-state index contributed by atoms with van der Waals surface area (Å²) < 4.78 is 4.22. The molecule has 1 N–H and O–H groups in total. The van der Waals surface area contributed by atoms with Crippen LogP contribution in [0.1, 0.15) is 56.9 Å². The molecule has 7 nitrogen and oxygen atoms in total. The molecule has 1 heterocycles. The summed E-state index contributed by atoms with van der Waals surface area (Å²) in [5, 5.41) is 22.1. The first-order chi connectivity index (χ1) is 15.4. The first-order valence-electron chi connectivity index (χ1n) is 11.3. The molecule has 1 aliphatic rings. The van der Waals surface area contributed by atoms with Crippen LogP contribution in [0.25, 0.3) is 0 Å². The highest BCUT2D eigenvalue weighted by Gasteiger charge is 2.34. The predicted molar refractivity (Wildman–Crippen MR) is 127 cm³/mol. The van der Waals surface area contributed by atoms with Crippen molar-refractivity contribution >= 4 is 22.4 Å². The standard InChI is InChI=1S/C24H32N6OS/c1-5-30(15-18-9-7-6-8-10-18)19-11-12-21(22(13-19)26-23(31)16(2)3)27-28-24-20(14-25)17(4)29-32-24/h6-10,16,19,21-22H,5,11-13,15H2,1-4H3,(H,26,31). The first-order valence-corrected chi connectivity index (χ1v) is 12.1. The molecule has 0 saturated heterocycles. The van der Waals surface area contributed by atoms with Crippen LogP contribution in [0.3, 0.4) is 0 Å². The Kier molecular flexibility index (Phi) is 8.48. The van der Waals surface area contributed by atoms with Gasteiger partial charge in [0.05, 0.1) is 17.8 Å². The van der Waals surface area contributed by atoms with E-state index in [0.29, 0.717) is 22.3 Å². The summed E-state index contributed by atoms with van der Waals surface area (Å²) in [5.41, 5.74) is 2.46. The van der Waals surface area contributed by atoms with Crippen LogP contribution in [0.4, 0.5) is 5.00 Å². The van der Waals surface area contributed by atoms with Crippen molar-refractivity contribution in [3.63, 3.8) is 0 Å². The van der Waals surface area contributed by atoms with E-state index in [-0.39, 0.29) is 23.9 Å². The molecule has 0 radical (unpaired) electrons. The van der Waals surface area contributed by atoms with Crippen LogP contribution >= 0.6 is 11.5 Å². The maximum absolute atomic E-state index is 12.5. The molecule has 8 heteroatoms. The van der Waals surface area contributed by atoms with Gasteiger partial charge in [0, 0.05) is 18.5 Å². The van der Waals surface area contributed by atoms with Crippen molar-refractivity contribution in [3.05, 3.63) is 47.2 Å². The molecule has 1 fully saturated rings. The molecule has 3 rings (SSSR count). The topological polar surface area (TPSA) is 93.7 Å². The van der Waals surface area contributed by atoms with Gasteiger partial charge in [-0.25, -0.2) is 0 Å². The van der Waals surface area contributed by atoms with Crippen LogP contribution < -0.4 is 5.32 Å². The van der Waals surface area contributed by atoms with E-state index >= 15 is 0 Å². The van der Waals surface area contributed by atoms with Gasteiger partial charge in [0.2, 0.25) is 5.91 Å². The van der Waals surface area contributed by atoms with Gasteiger partial charge in [0.25, 0.3) is 0 Å². The fraction of sp³-hybridized carbons (Fsp3) is 0.542. The van der Waals surface area contributed by atoms with Crippen molar-refractivity contribution in [2.45, 2.75) is 71.6 Å². The average Bonchev–Trinajstić information content (AvgIpc) is 3.16. The fourth-order valence-electron chi connectivity index (χ4n) is 4.11. The Balaban J connectivity index is 1.76. The van der Waals surface area contributed by atoms with Crippen LogP contribution in [0.2, 0.25) is 0 Å². The van der Waals surface area contributed by atoms with Gasteiger partial charge in [-0.05, 0) is 49.8 Å². The Morgan fingerprint density at radius 2 is 2.09 bits per heavy atom. The molecule has 0 spiro atoms. The van der Waals surface area contributed by atoms with Crippen LogP contribution in [-0.4, -0.2) is 39.9 Å². The molecule has 1 amide bonds. The van der Waals surface area contributed by atoms with Gasteiger partial charge in [-0.15, -0.1) is 5.11 Å². The largest absolute Gasteiger partial charge is 0.351 e. The van der Waals surface area contributed by atoms with Gasteiger partial charge < -0.3 is 5.32 Å². The average molecular weight is 453 g/mol. The molecule has 1 saturated carbocycles. The maximum Gasteiger partial charge on any atom is 0.222 e. The number of carbonyl (C=O) groups excluding carboxylic acids is 1. The van der Waals surface area contributed by atoms with E-state index in [1.807, 2.05) is 19.9 Å². The summed E-state index contributed by atoms with van der Waals surface area (Å²) in [4.78, 5) is 15.0. The number of hydrogen-bond donors (Lipinski definition) is 1. The van der Waals surface area contributed by atoms with Crippen LogP contribution in [0.15, 0.2) is 40.6 Å². The number of carbonyl (C=O) groups is 1. The summed E-state index contributed by atoms with van der Waals surface area (Å²) >= 11 is 1.19. The van der Waals surface area contributed by atoms with Crippen LogP contribution in [0, 0.1) is 24.2 Å². The summed E-state index contributed by atoms with van der Waals surface area (Å²) in [6.45, 7) is 9.63. The van der Waals surface area contributed by atoms with Gasteiger partial charge in [-0.1, -0.05) is 51.1 Å². The number of nitriles is 1. The number of amides is 1. The Morgan fingerprint density at radius 3 is 2.75 bits per heavy atom. The molecule has 170 valence electrons. The van der Waals surface area contributed by atoms with Crippen molar-refractivity contribution in [3.8, 4) is 6.07 Å². The van der Waals surface area contributed by atoms with Crippen molar-refractivity contribution in [2.24, 2.45) is 16.1 Å². The number of benzene rings is 1. The highest BCUT2D eigenvalue weighted by atomic mass is 32.1. The van der Waals surface area contributed by atoms with E-state index in [1.165, 1.54) is 17.1 Å². The van der Waals surface area contributed by atoms with Crippen LogP contribution in [0.5, 0.6) is 0 Å². The molecule has 1 aromatic heterocycles. The minimum atomic E-state index is -0.113. The lowest BCUT2D eigenvalue weighted by atomic mass is 9.85. The lowest BCUT2D eigenvalue weighted by molar-refractivity contribution is -0.125. The van der Waals surface area contributed by atoms with Crippen molar-refractivity contribution in [2.75, 3.05) is 6.54 Å². The summed E-state index contributed by atoms with van der Waals surface area (Å²) in [7, 11) is 0. The monoisotopic (exact) mass is 452 g/mol. The lowest BCUT2D eigenvalue weighted by Gasteiger charge is -2.40. The third-order valence-corrected chi connectivity index (χ3v) is 6.87. The summed E-state index contributed by atoms with van der Waals surface area (Å²) in [6.07, 6.45) is 2.66. The minimum absolute atomic E-state index is 0.0355. The number of nitrogens with one attached hydrogen (secondary N) is 1. The molecule has 1 aromatic carbocycles. The van der Waals surface area contributed by atoms with Gasteiger partial charge in [-0.2, -0.15) is 14.7 Å². The Labute approximate surface area is 194 Å². The maximum atomic E-state index is 12.5. The first kappa shape index (κ1) is 24.0. The third kappa shape index (κ3) is 5.99. The van der Waals surface area contributed by atoms with Crippen molar-refractivity contribution < 1.29 is 4.79 Å². The zero-order chi connectivity index (χ0) is 23.1. The van der Waals surface area contributed by atoms with Crippen molar-refractivity contribution in [1.82, 2.24) is 14.6 Å². The summed E-state index contributed by atoms with van der Waals surface area (Å²) in [6, 6.07) is 12.8. The Hall–Kier alpha value is -2.63. The summed E-state index contributed by atoms with van der Waals surface area (Å²) in [5.74, 6) is -0.0535. The molecule has 3 atom stereocenters. The van der Waals surface area contributed by atoms with Gasteiger partial charge in [0.1, 0.15) is 11.6 Å². The number of rotatable bonds is 8. The Bertz CT molecular complexity index is 965. The molecular formula is C24H32N6OS. The highest BCUT2D eigenvalue weighted by Crippen LogP contribution is 2.31. The quantitative estimate of drug-likeness (QED) is 0.571. The smallest absolute Gasteiger partial charge is 0.222 e. The zero-order valence-corrected chi connectivity index (χ0v) is 20.1. The molecule has 2 aromatic rings. The number of nitrogens with zero attached hydrogens (tertiary/aromatic N) is 5. The lowest BCUT2D eigenvalue weighted by Crippen LogP contribution is -2.52. The molecule has 0 bridgehead atoms.